The van der Waals surface area contributed by atoms with Crippen LogP contribution >= 0.6 is 11.6 Å². The molecule has 1 N–H and O–H groups in total. The molecule has 1 saturated heterocycles. The molecule has 7 nitrogen and oxygen atoms in total. The van der Waals surface area contributed by atoms with Gasteiger partial charge in [0.2, 0.25) is 5.91 Å². The van der Waals surface area contributed by atoms with Gasteiger partial charge in [0.25, 0.3) is 5.91 Å². The minimum Gasteiger partial charge on any atom is -0.385 e. The Balaban J connectivity index is 0.000000461. The Labute approximate surface area is 239 Å². The van der Waals surface area contributed by atoms with Crippen molar-refractivity contribution in [3.8, 4) is 0 Å². The standard InChI is InChI=1S/C25H30FN3O4.C6H5Cl/c1-15-5-6-19(27-13-15)14-29-23(31)20-11-18(12-21(26)22(20)24(29)33-4)25(3,32)17-7-9-28(10-8-17)16(2)30;7-6-4-2-1-3-5-6/h5-6,11-13,17,24,32H,7-10,14H2,1-4H3;1-5H. The van der Waals surface area contributed by atoms with E-state index in [0.29, 0.717) is 37.2 Å². The Kier molecular flexibility index (Phi) is 9.23. The summed E-state index contributed by atoms with van der Waals surface area (Å²) in [5.74, 6) is -1.09. The number of pyridine rings is 1. The summed E-state index contributed by atoms with van der Waals surface area (Å²) in [7, 11) is 1.44. The van der Waals surface area contributed by atoms with Gasteiger partial charge in [-0.25, -0.2) is 4.39 Å². The molecule has 0 bridgehead atoms. The molecular formula is C31H35ClFN3O4. The van der Waals surface area contributed by atoms with Crippen molar-refractivity contribution in [2.45, 2.75) is 52.0 Å². The van der Waals surface area contributed by atoms with Gasteiger partial charge in [-0.1, -0.05) is 35.9 Å². The number of aromatic nitrogens is 1. The number of benzene rings is 2. The average Bonchev–Trinajstić information content (AvgIpc) is 3.21. The Hall–Kier alpha value is -3.33. The van der Waals surface area contributed by atoms with Gasteiger partial charge in [0.1, 0.15) is 5.82 Å². The van der Waals surface area contributed by atoms with E-state index in [1.807, 2.05) is 49.4 Å². The van der Waals surface area contributed by atoms with Crippen molar-refractivity contribution in [1.82, 2.24) is 14.8 Å². The quantitative estimate of drug-likeness (QED) is 0.432. The molecule has 2 aliphatic rings. The number of fused-ring (bicyclic) bond motifs is 1. The molecule has 9 heteroatoms. The predicted octanol–water partition coefficient (Wildman–Crippen LogP) is 5.64. The van der Waals surface area contributed by atoms with Gasteiger partial charge in [-0.05, 0) is 74.1 Å². The van der Waals surface area contributed by atoms with Crippen molar-refractivity contribution in [1.29, 1.82) is 0 Å². The fourth-order valence-corrected chi connectivity index (χ4v) is 5.47. The highest BCUT2D eigenvalue weighted by Crippen LogP contribution is 2.42. The summed E-state index contributed by atoms with van der Waals surface area (Å²) in [6.45, 7) is 6.39. The number of ether oxygens (including phenoxy) is 1. The van der Waals surface area contributed by atoms with Crippen molar-refractivity contribution < 1.29 is 23.8 Å². The Morgan fingerprint density at radius 2 is 1.85 bits per heavy atom. The van der Waals surface area contributed by atoms with E-state index in [1.54, 1.807) is 24.1 Å². The van der Waals surface area contributed by atoms with Crippen molar-refractivity contribution in [3.05, 3.63) is 99.6 Å². The van der Waals surface area contributed by atoms with Crippen LogP contribution in [0.25, 0.3) is 0 Å². The van der Waals surface area contributed by atoms with E-state index in [9.17, 15) is 14.7 Å². The Bertz CT molecular complexity index is 1340. The van der Waals surface area contributed by atoms with E-state index in [4.69, 9.17) is 16.3 Å². The minimum atomic E-state index is -1.34. The molecule has 3 heterocycles. The zero-order valence-electron chi connectivity index (χ0n) is 23.2. The summed E-state index contributed by atoms with van der Waals surface area (Å²) >= 11 is 5.54. The summed E-state index contributed by atoms with van der Waals surface area (Å²) in [5, 5.41) is 12.2. The van der Waals surface area contributed by atoms with E-state index in [2.05, 4.69) is 4.98 Å². The molecule has 0 aliphatic carbocycles. The minimum absolute atomic E-state index is 0.0102. The number of likely N-dealkylation sites (tertiary alicyclic amines) is 1. The molecule has 2 amide bonds. The molecule has 212 valence electrons. The number of aryl methyl sites for hydroxylation is 1. The van der Waals surface area contributed by atoms with Gasteiger partial charge < -0.3 is 19.6 Å². The number of halogens is 2. The van der Waals surface area contributed by atoms with Crippen LogP contribution in [0.1, 0.15) is 65.7 Å². The van der Waals surface area contributed by atoms with E-state index in [-0.39, 0.29) is 35.4 Å². The first-order valence-corrected chi connectivity index (χ1v) is 13.7. The smallest absolute Gasteiger partial charge is 0.257 e. The molecule has 0 radical (unpaired) electrons. The molecule has 1 fully saturated rings. The molecule has 0 spiro atoms. The number of methoxy groups -OCH3 is 1. The third-order valence-electron chi connectivity index (χ3n) is 7.73. The van der Waals surface area contributed by atoms with E-state index >= 15 is 4.39 Å². The number of piperidine rings is 1. The lowest BCUT2D eigenvalue weighted by atomic mass is 9.76. The topological polar surface area (TPSA) is 83.0 Å². The van der Waals surface area contributed by atoms with Gasteiger partial charge in [-0.2, -0.15) is 0 Å². The van der Waals surface area contributed by atoms with Crippen molar-refractivity contribution in [2.24, 2.45) is 5.92 Å². The number of carbonyl (C=O) groups is 2. The van der Waals surface area contributed by atoms with Crippen LogP contribution in [-0.4, -0.2) is 51.9 Å². The second kappa shape index (κ2) is 12.5. The third kappa shape index (κ3) is 6.35. The third-order valence-corrected chi connectivity index (χ3v) is 7.98. The van der Waals surface area contributed by atoms with Crippen molar-refractivity contribution in [3.63, 3.8) is 0 Å². The summed E-state index contributed by atoms with van der Waals surface area (Å²) in [6, 6.07) is 16.1. The molecule has 40 heavy (non-hydrogen) atoms. The van der Waals surface area contributed by atoms with E-state index in [0.717, 1.165) is 10.6 Å². The Morgan fingerprint density at radius 1 is 1.18 bits per heavy atom. The van der Waals surface area contributed by atoms with Crippen LogP contribution in [0, 0.1) is 18.7 Å². The number of hydrogen-bond donors (Lipinski definition) is 1. The lowest BCUT2D eigenvalue weighted by Crippen LogP contribution is -2.43. The molecule has 2 atom stereocenters. The largest absolute Gasteiger partial charge is 0.385 e. The van der Waals surface area contributed by atoms with Crippen LogP contribution in [0.15, 0.2) is 60.8 Å². The molecule has 0 saturated carbocycles. The lowest BCUT2D eigenvalue weighted by molar-refractivity contribution is -0.132. The first-order valence-electron chi connectivity index (χ1n) is 13.3. The monoisotopic (exact) mass is 567 g/mol. The second-order valence-electron chi connectivity index (χ2n) is 10.5. The number of rotatable bonds is 5. The number of amides is 2. The normalized spacial score (nSPS) is 18.6. The van der Waals surface area contributed by atoms with Crippen molar-refractivity contribution in [2.75, 3.05) is 20.2 Å². The molecule has 2 aromatic carbocycles. The second-order valence-corrected chi connectivity index (χ2v) is 10.9. The molecule has 3 aromatic rings. The van der Waals surface area contributed by atoms with E-state index in [1.165, 1.54) is 25.0 Å². The van der Waals surface area contributed by atoms with Crippen molar-refractivity contribution >= 4 is 23.4 Å². The van der Waals surface area contributed by atoms with Gasteiger partial charge in [-0.15, -0.1) is 0 Å². The van der Waals surface area contributed by atoms with Crippen LogP contribution in [0.2, 0.25) is 5.02 Å². The van der Waals surface area contributed by atoms with Gasteiger partial charge in [0, 0.05) is 43.9 Å². The van der Waals surface area contributed by atoms with Crippen LogP contribution in [0.3, 0.4) is 0 Å². The van der Waals surface area contributed by atoms with Gasteiger partial charge in [-0.3, -0.25) is 14.6 Å². The zero-order valence-corrected chi connectivity index (χ0v) is 24.0. The lowest BCUT2D eigenvalue weighted by Gasteiger charge is -2.39. The van der Waals surface area contributed by atoms with E-state index < -0.39 is 17.6 Å². The number of nitrogens with zero attached hydrogens (tertiary/aromatic N) is 3. The summed E-state index contributed by atoms with van der Waals surface area (Å²) in [6.07, 6.45) is 2.06. The number of hydrogen-bond acceptors (Lipinski definition) is 5. The highest BCUT2D eigenvalue weighted by atomic mass is 35.5. The first kappa shape index (κ1) is 29.6. The van der Waals surface area contributed by atoms with Crippen LogP contribution < -0.4 is 0 Å². The maximum Gasteiger partial charge on any atom is 0.257 e. The molecule has 2 unspecified atom stereocenters. The predicted molar refractivity (Wildman–Crippen MR) is 151 cm³/mol. The first-order chi connectivity index (χ1) is 19.0. The van der Waals surface area contributed by atoms with Gasteiger partial charge in [0.15, 0.2) is 6.23 Å². The van der Waals surface area contributed by atoms with Gasteiger partial charge in [0.05, 0.1) is 23.4 Å². The fourth-order valence-electron chi connectivity index (χ4n) is 5.33. The summed E-state index contributed by atoms with van der Waals surface area (Å²) < 4.78 is 20.9. The summed E-state index contributed by atoms with van der Waals surface area (Å²) in [4.78, 5) is 32.5. The SMILES string of the molecule is COC1c2c(F)cc(C(C)(O)C3CCN(C(C)=O)CC3)cc2C(=O)N1Cc1ccc(C)cn1.Clc1ccccc1. The fraction of sp³-hybridized carbons (Fsp3) is 0.387. The maximum absolute atomic E-state index is 15.4. The molecular weight excluding hydrogens is 533 g/mol. The highest BCUT2D eigenvalue weighted by Gasteiger charge is 2.43. The Morgan fingerprint density at radius 3 is 2.38 bits per heavy atom. The maximum atomic E-state index is 15.4. The zero-order chi connectivity index (χ0) is 29.0. The molecule has 5 rings (SSSR count). The van der Waals surface area contributed by atoms with Crippen LogP contribution in [0.4, 0.5) is 4.39 Å². The number of carbonyl (C=O) groups excluding carboxylic acids is 2. The number of aliphatic hydroxyl groups is 1. The van der Waals surface area contributed by atoms with Gasteiger partial charge >= 0.3 is 0 Å². The van der Waals surface area contributed by atoms with Crippen LogP contribution in [-0.2, 0) is 21.7 Å². The highest BCUT2D eigenvalue weighted by molar-refractivity contribution is 6.30. The average molecular weight is 568 g/mol. The summed E-state index contributed by atoms with van der Waals surface area (Å²) in [5.41, 5.74) is 1.08. The molecule has 1 aromatic heterocycles. The molecule has 2 aliphatic heterocycles. The van der Waals surface area contributed by atoms with Crippen LogP contribution in [0.5, 0.6) is 0 Å².